The molecule has 0 bridgehead atoms. The van der Waals surface area contributed by atoms with Crippen molar-refractivity contribution in [2.45, 2.75) is 36.3 Å². The maximum absolute atomic E-state index is 11.3. The predicted molar refractivity (Wildman–Crippen MR) is 108 cm³/mol. The molecule has 1 aliphatic heterocycles. The Morgan fingerprint density at radius 2 is 2.11 bits per heavy atom. The van der Waals surface area contributed by atoms with Crippen molar-refractivity contribution >= 4 is 35.2 Å². The van der Waals surface area contributed by atoms with E-state index in [1.807, 2.05) is 24.6 Å². The Hall–Kier alpha value is -2.65. The molecule has 1 atom stereocenters. The van der Waals surface area contributed by atoms with E-state index in [4.69, 9.17) is 17.3 Å². The molecular weight excluding hydrogens is 398 g/mol. The Balaban J connectivity index is 1.50. The first-order valence-corrected chi connectivity index (χ1v) is 9.84. The second-order valence-corrected chi connectivity index (χ2v) is 8.53. The maximum Gasteiger partial charge on any atom is 0.232 e. The molecule has 1 aliphatic rings. The van der Waals surface area contributed by atoms with Gasteiger partial charge in [-0.2, -0.15) is 0 Å². The second-order valence-electron chi connectivity index (χ2n) is 6.95. The van der Waals surface area contributed by atoms with Crippen LogP contribution in [0.3, 0.4) is 0 Å². The SMILES string of the molecule is CC(C)(Nc1ncc(-c2cn3c(n2)SC(C(N)=O)C3)cn1)c1ncccc1Cl. The average Bonchev–Trinajstić information content (AvgIpc) is 3.21. The minimum atomic E-state index is -0.546. The van der Waals surface area contributed by atoms with E-state index in [9.17, 15) is 4.79 Å². The van der Waals surface area contributed by atoms with Crippen LogP contribution >= 0.6 is 23.4 Å². The highest BCUT2D eigenvalue weighted by Gasteiger charge is 2.29. The highest BCUT2D eigenvalue weighted by Crippen LogP contribution is 2.34. The van der Waals surface area contributed by atoms with Gasteiger partial charge in [-0.05, 0) is 26.0 Å². The summed E-state index contributed by atoms with van der Waals surface area (Å²) >= 11 is 7.64. The molecule has 0 saturated carbocycles. The van der Waals surface area contributed by atoms with Gasteiger partial charge in [0.1, 0.15) is 5.25 Å². The molecule has 0 aliphatic carbocycles. The molecule has 4 rings (SSSR count). The summed E-state index contributed by atoms with van der Waals surface area (Å²) in [5.74, 6) is 0.136. The van der Waals surface area contributed by atoms with Crippen molar-refractivity contribution in [2.24, 2.45) is 5.73 Å². The van der Waals surface area contributed by atoms with Crippen molar-refractivity contribution in [2.75, 3.05) is 5.32 Å². The van der Waals surface area contributed by atoms with Crippen LogP contribution in [0.1, 0.15) is 19.5 Å². The van der Waals surface area contributed by atoms with Crippen molar-refractivity contribution < 1.29 is 4.79 Å². The lowest BCUT2D eigenvalue weighted by Gasteiger charge is -2.26. The van der Waals surface area contributed by atoms with E-state index in [0.29, 0.717) is 17.5 Å². The number of amides is 1. The van der Waals surface area contributed by atoms with Gasteiger partial charge in [0.15, 0.2) is 5.16 Å². The van der Waals surface area contributed by atoms with E-state index in [1.165, 1.54) is 11.8 Å². The van der Waals surface area contributed by atoms with Crippen molar-refractivity contribution in [1.82, 2.24) is 24.5 Å². The first-order chi connectivity index (χ1) is 13.3. The van der Waals surface area contributed by atoms with Gasteiger partial charge < -0.3 is 15.6 Å². The van der Waals surface area contributed by atoms with Crippen LogP contribution in [-0.4, -0.2) is 35.7 Å². The fourth-order valence-corrected chi connectivity index (χ4v) is 4.34. The number of pyridine rings is 1. The van der Waals surface area contributed by atoms with Gasteiger partial charge >= 0.3 is 0 Å². The lowest BCUT2D eigenvalue weighted by atomic mass is 10.00. The Bertz CT molecular complexity index is 1010. The number of primary amides is 1. The number of nitrogens with one attached hydrogen (secondary N) is 1. The van der Waals surface area contributed by atoms with Gasteiger partial charge in [0, 0.05) is 36.9 Å². The number of carbonyl (C=O) groups is 1. The molecule has 4 heterocycles. The van der Waals surface area contributed by atoms with E-state index in [2.05, 4.69) is 25.3 Å². The van der Waals surface area contributed by atoms with Crippen molar-refractivity contribution in [3.63, 3.8) is 0 Å². The van der Waals surface area contributed by atoms with E-state index in [-0.39, 0.29) is 11.2 Å². The van der Waals surface area contributed by atoms with Crippen LogP contribution < -0.4 is 11.1 Å². The molecule has 0 radical (unpaired) electrons. The molecule has 1 amide bonds. The normalized spacial score (nSPS) is 16.0. The number of aromatic nitrogens is 5. The highest BCUT2D eigenvalue weighted by atomic mass is 35.5. The Labute approximate surface area is 171 Å². The third-order valence-electron chi connectivity index (χ3n) is 4.39. The fraction of sp³-hybridized carbons (Fsp3) is 0.278. The van der Waals surface area contributed by atoms with Crippen LogP contribution in [0.15, 0.2) is 42.1 Å². The molecule has 144 valence electrons. The zero-order valence-corrected chi connectivity index (χ0v) is 16.8. The minimum absolute atomic E-state index is 0.264. The Morgan fingerprint density at radius 3 is 2.75 bits per heavy atom. The summed E-state index contributed by atoms with van der Waals surface area (Å²) in [7, 11) is 0. The molecule has 0 aromatic carbocycles. The summed E-state index contributed by atoms with van der Waals surface area (Å²) in [6.07, 6.45) is 7.00. The molecule has 1 unspecified atom stereocenters. The first-order valence-electron chi connectivity index (χ1n) is 8.58. The zero-order chi connectivity index (χ0) is 19.9. The van der Waals surface area contributed by atoms with Crippen LogP contribution in [-0.2, 0) is 16.9 Å². The predicted octanol–water partition coefficient (Wildman–Crippen LogP) is 2.70. The number of hydrogen-bond acceptors (Lipinski definition) is 7. The number of rotatable bonds is 5. The van der Waals surface area contributed by atoms with Crippen molar-refractivity contribution in [1.29, 1.82) is 0 Å². The third kappa shape index (κ3) is 3.55. The summed E-state index contributed by atoms with van der Waals surface area (Å²) in [5, 5.41) is 4.35. The first kappa shape index (κ1) is 18.7. The number of nitrogens with zero attached hydrogens (tertiary/aromatic N) is 5. The molecule has 10 heteroatoms. The summed E-state index contributed by atoms with van der Waals surface area (Å²) < 4.78 is 1.92. The summed E-state index contributed by atoms with van der Waals surface area (Å²) in [6, 6.07) is 3.59. The molecule has 3 aromatic heterocycles. The fourth-order valence-electron chi connectivity index (χ4n) is 2.96. The van der Waals surface area contributed by atoms with Gasteiger partial charge in [0.2, 0.25) is 11.9 Å². The smallest absolute Gasteiger partial charge is 0.232 e. The second kappa shape index (κ2) is 7.06. The van der Waals surface area contributed by atoms with Gasteiger partial charge in [0.05, 0.1) is 21.9 Å². The molecule has 0 fully saturated rings. The Morgan fingerprint density at radius 1 is 1.36 bits per heavy atom. The highest BCUT2D eigenvalue weighted by molar-refractivity contribution is 8.00. The minimum Gasteiger partial charge on any atom is -0.369 e. The lowest BCUT2D eigenvalue weighted by molar-refractivity contribution is -0.117. The van der Waals surface area contributed by atoms with Gasteiger partial charge in [-0.15, -0.1) is 0 Å². The van der Waals surface area contributed by atoms with E-state index < -0.39 is 5.54 Å². The largest absolute Gasteiger partial charge is 0.369 e. The summed E-state index contributed by atoms with van der Waals surface area (Å²) in [4.78, 5) is 29.0. The summed E-state index contributed by atoms with van der Waals surface area (Å²) in [5.41, 5.74) is 7.08. The van der Waals surface area contributed by atoms with E-state index >= 15 is 0 Å². The molecule has 0 saturated heterocycles. The van der Waals surface area contributed by atoms with Crippen LogP contribution in [0.25, 0.3) is 11.3 Å². The molecular formula is C18H18ClN7OS. The molecule has 3 N–H and O–H groups in total. The van der Waals surface area contributed by atoms with Crippen LogP contribution in [0.5, 0.6) is 0 Å². The number of hydrogen-bond donors (Lipinski definition) is 2. The number of fused-ring (bicyclic) bond motifs is 1. The van der Waals surface area contributed by atoms with E-state index in [0.717, 1.165) is 22.1 Å². The van der Waals surface area contributed by atoms with Crippen LogP contribution in [0.4, 0.5) is 5.95 Å². The monoisotopic (exact) mass is 415 g/mol. The van der Waals surface area contributed by atoms with E-state index in [1.54, 1.807) is 30.7 Å². The van der Waals surface area contributed by atoms with Crippen molar-refractivity contribution in [3.05, 3.63) is 47.6 Å². The number of carbonyl (C=O) groups excluding carboxylic acids is 1. The third-order valence-corrected chi connectivity index (χ3v) is 5.90. The lowest BCUT2D eigenvalue weighted by Crippen LogP contribution is -2.30. The van der Waals surface area contributed by atoms with Gasteiger partial charge in [-0.25, -0.2) is 15.0 Å². The maximum atomic E-state index is 11.3. The molecule has 28 heavy (non-hydrogen) atoms. The average molecular weight is 416 g/mol. The Kier molecular flexibility index (Phi) is 4.72. The molecule has 8 nitrogen and oxygen atoms in total. The van der Waals surface area contributed by atoms with Crippen molar-refractivity contribution in [3.8, 4) is 11.3 Å². The quantitative estimate of drug-likeness (QED) is 0.658. The number of thioether (sulfide) groups is 1. The number of anilines is 1. The van der Waals surface area contributed by atoms with Crippen LogP contribution in [0, 0.1) is 0 Å². The molecule has 0 spiro atoms. The number of nitrogens with two attached hydrogens (primary N) is 1. The molecule has 3 aromatic rings. The summed E-state index contributed by atoms with van der Waals surface area (Å²) in [6.45, 7) is 4.46. The standard InChI is InChI=1S/C18H18ClN7OS/c1-18(2,14-11(19)4-3-5-21-14)25-16-22-6-10(7-23-16)12-8-26-9-13(15(20)27)28-17(26)24-12/h3-8,13H,9H2,1-2H3,(H2,20,27)(H,22,23,25). The van der Waals surface area contributed by atoms with Gasteiger partial charge in [0.25, 0.3) is 0 Å². The van der Waals surface area contributed by atoms with Gasteiger partial charge in [-0.3, -0.25) is 9.78 Å². The number of imidazole rings is 1. The topological polar surface area (TPSA) is 112 Å². The number of halogens is 1. The van der Waals surface area contributed by atoms with Crippen LogP contribution in [0.2, 0.25) is 5.02 Å². The zero-order valence-electron chi connectivity index (χ0n) is 15.3. The van der Waals surface area contributed by atoms with Gasteiger partial charge in [-0.1, -0.05) is 23.4 Å².